The molecule has 0 N–H and O–H groups in total. The molecule has 1 aromatic carbocycles. The maximum absolute atomic E-state index is 11.6. The molecule has 0 spiro atoms. The molecule has 8 heteroatoms. The van der Waals surface area contributed by atoms with Crippen LogP contribution >= 0.6 is 0 Å². The molecule has 0 radical (unpaired) electrons. The van der Waals surface area contributed by atoms with Crippen molar-refractivity contribution in [3.63, 3.8) is 0 Å². The fourth-order valence-electron chi connectivity index (χ4n) is 1.38. The highest BCUT2D eigenvalue weighted by Gasteiger charge is 2.16. The molecule has 0 aromatic heterocycles. The smallest absolute Gasteiger partial charge is 0.309 e. The van der Waals surface area contributed by atoms with Gasteiger partial charge in [-0.2, -0.15) is 8.42 Å². The van der Waals surface area contributed by atoms with E-state index in [2.05, 4.69) is 0 Å². The van der Waals surface area contributed by atoms with Crippen molar-refractivity contribution in [1.29, 1.82) is 0 Å². The number of Topliss-reactive ketones (excluding diaryl/α,β-unsaturated/α-hetero) is 1. The van der Waals surface area contributed by atoms with E-state index in [0.29, 0.717) is 0 Å². The molecule has 0 aliphatic heterocycles. The summed E-state index contributed by atoms with van der Waals surface area (Å²) in [6.07, 6.45) is -0.0384. The topological polar surface area (TPSA) is 94.6 Å². The van der Waals surface area contributed by atoms with Gasteiger partial charge < -0.3 is 4.18 Å². The summed E-state index contributed by atoms with van der Waals surface area (Å²) in [7, 11) is -6.51. The Labute approximate surface area is 113 Å². The lowest BCUT2D eigenvalue weighted by molar-refractivity contribution is 0.101. The highest BCUT2D eigenvalue weighted by molar-refractivity contribution is 7.87. The summed E-state index contributed by atoms with van der Waals surface area (Å²) in [5.41, 5.74) is 0.168. The second-order valence-corrected chi connectivity index (χ2v) is 6.61. The minimum absolute atomic E-state index is 0.0384. The number of hydrogen-bond donors (Lipinski definition) is 1. The average Bonchev–Trinajstić information content (AvgIpc) is 2.27. The fraction of sp³-hybridized carbons (Fsp3) is 0.364. The normalized spacial score (nSPS) is 11.5. The van der Waals surface area contributed by atoms with Crippen molar-refractivity contribution in [3.05, 3.63) is 29.8 Å². The highest BCUT2D eigenvalue weighted by Crippen LogP contribution is 2.20. The first-order chi connectivity index (χ1) is 8.82. The molecule has 0 saturated heterocycles. The quantitative estimate of drug-likeness (QED) is 0.450. The lowest BCUT2D eigenvalue weighted by Crippen LogP contribution is -2.16. The van der Waals surface area contributed by atoms with E-state index in [0.717, 1.165) is 0 Å². The number of carbonyl (C=O) groups is 1. The molecule has 1 rings (SSSR count). The van der Waals surface area contributed by atoms with Crippen LogP contribution in [0.3, 0.4) is 0 Å². The summed E-state index contributed by atoms with van der Waals surface area (Å²) in [5.74, 6) is -0.982. The zero-order valence-electron chi connectivity index (χ0n) is 10.2. The molecular weight excluding hydrogens is 292 g/mol. The molecule has 0 aliphatic rings. The van der Waals surface area contributed by atoms with Crippen LogP contribution in [0.2, 0.25) is 0 Å². The second kappa shape index (κ2) is 6.67. The van der Waals surface area contributed by atoms with Crippen LogP contribution < -0.4 is 4.18 Å². The largest absolute Gasteiger partial charge is 0.382 e. The zero-order valence-corrected chi connectivity index (χ0v) is 11.9. The van der Waals surface area contributed by atoms with Gasteiger partial charge in [-0.05, 0) is 25.5 Å². The van der Waals surface area contributed by atoms with Gasteiger partial charge >= 0.3 is 10.1 Å². The van der Waals surface area contributed by atoms with Crippen molar-refractivity contribution < 1.29 is 25.8 Å². The Kier molecular flexibility index (Phi) is 5.49. The van der Waals surface area contributed by atoms with Crippen LogP contribution in [0.5, 0.6) is 5.75 Å². The lowest BCUT2D eigenvalue weighted by atomic mass is 10.1. The van der Waals surface area contributed by atoms with E-state index >= 15 is 0 Å². The van der Waals surface area contributed by atoms with Crippen LogP contribution in [-0.4, -0.2) is 34.1 Å². The number of rotatable bonds is 7. The summed E-state index contributed by atoms with van der Waals surface area (Å²) < 4.78 is 48.8. The van der Waals surface area contributed by atoms with Crippen molar-refractivity contribution in [2.24, 2.45) is 0 Å². The van der Waals surface area contributed by atoms with Gasteiger partial charge in [-0.3, -0.25) is 4.79 Å². The first-order valence-corrected chi connectivity index (χ1v) is 8.40. The molecule has 0 fully saturated rings. The molecule has 0 heterocycles. The average molecular weight is 306 g/mol. The molecule has 1 aromatic rings. The standard InChI is InChI=1S/C11H14O6S2/c1-9(12)10-5-2-3-6-11(10)17-19(15,16)8-4-7-18(13)14/h2-3,5-6,18H,4,7-8H2,1H3. The Morgan fingerprint density at radius 3 is 2.47 bits per heavy atom. The molecule has 19 heavy (non-hydrogen) atoms. The Morgan fingerprint density at radius 1 is 1.26 bits per heavy atom. The second-order valence-electron chi connectivity index (χ2n) is 3.81. The van der Waals surface area contributed by atoms with E-state index in [9.17, 15) is 21.6 Å². The van der Waals surface area contributed by atoms with E-state index in [1.54, 1.807) is 12.1 Å². The van der Waals surface area contributed by atoms with Crippen molar-refractivity contribution in [2.75, 3.05) is 11.5 Å². The maximum atomic E-state index is 11.6. The number of thiol groups is 1. The molecule has 0 amide bonds. The third kappa shape index (κ3) is 5.39. The third-order valence-corrected chi connectivity index (χ3v) is 4.12. The van der Waals surface area contributed by atoms with E-state index < -0.39 is 26.6 Å². The van der Waals surface area contributed by atoms with Crippen LogP contribution in [0.25, 0.3) is 0 Å². The van der Waals surface area contributed by atoms with Crippen LogP contribution in [-0.2, 0) is 20.8 Å². The van der Waals surface area contributed by atoms with Gasteiger partial charge in [0.25, 0.3) is 0 Å². The zero-order chi connectivity index (χ0) is 14.5. The third-order valence-electron chi connectivity index (χ3n) is 2.22. The van der Waals surface area contributed by atoms with Crippen molar-refractivity contribution in [1.82, 2.24) is 0 Å². The first-order valence-electron chi connectivity index (χ1n) is 5.46. The summed E-state index contributed by atoms with van der Waals surface area (Å²) in [6.45, 7) is 1.30. The van der Waals surface area contributed by atoms with Gasteiger partial charge in [-0.25, -0.2) is 8.42 Å². The molecule has 106 valence electrons. The van der Waals surface area contributed by atoms with E-state index in [-0.39, 0.29) is 29.3 Å². The lowest BCUT2D eigenvalue weighted by Gasteiger charge is -2.09. The van der Waals surface area contributed by atoms with Gasteiger partial charge in [0.05, 0.1) is 11.3 Å². The predicted octanol–water partition coefficient (Wildman–Crippen LogP) is 0.599. The number of carbonyl (C=O) groups excluding carboxylic acids is 1. The molecule has 0 unspecified atom stereocenters. The van der Waals surface area contributed by atoms with Crippen molar-refractivity contribution >= 4 is 26.6 Å². The van der Waals surface area contributed by atoms with Crippen LogP contribution in [0, 0.1) is 0 Å². The highest BCUT2D eigenvalue weighted by atomic mass is 32.2. The predicted molar refractivity (Wildman–Crippen MR) is 70.7 cm³/mol. The van der Waals surface area contributed by atoms with Crippen molar-refractivity contribution in [2.45, 2.75) is 13.3 Å². The SMILES string of the molecule is CC(=O)c1ccccc1OS(=O)(=O)CCC[SH](=O)=O. The van der Waals surface area contributed by atoms with Gasteiger partial charge in [-0.1, -0.05) is 12.1 Å². The van der Waals surface area contributed by atoms with Gasteiger partial charge in [0.15, 0.2) is 11.5 Å². The molecule has 0 aliphatic carbocycles. The first kappa shape index (κ1) is 15.6. The fourth-order valence-corrected chi connectivity index (χ4v) is 3.01. The van der Waals surface area contributed by atoms with Gasteiger partial charge in [-0.15, -0.1) is 0 Å². The molecular formula is C11H14O6S2. The Bertz CT molecular complexity index is 622. The minimum Gasteiger partial charge on any atom is -0.382 e. The van der Waals surface area contributed by atoms with E-state index in [4.69, 9.17) is 4.18 Å². The monoisotopic (exact) mass is 306 g/mol. The molecule has 0 bridgehead atoms. The summed E-state index contributed by atoms with van der Waals surface area (Å²) in [6, 6.07) is 5.98. The summed E-state index contributed by atoms with van der Waals surface area (Å²) >= 11 is 0. The molecule has 0 atom stereocenters. The van der Waals surface area contributed by atoms with Gasteiger partial charge in [0, 0.05) is 5.75 Å². The molecule has 6 nitrogen and oxygen atoms in total. The van der Waals surface area contributed by atoms with Crippen LogP contribution in [0.15, 0.2) is 24.3 Å². The van der Waals surface area contributed by atoms with Crippen LogP contribution in [0.1, 0.15) is 23.7 Å². The van der Waals surface area contributed by atoms with Gasteiger partial charge in [0.2, 0.25) is 0 Å². The minimum atomic E-state index is -3.91. The number of ketones is 1. The number of benzene rings is 1. The van der Waals surface area contributed by atoms with Gasteiger partial charge in [0.1, 0.15) is 10.7 Å². The Hall–Kier alpha value is -1.41. The summed E-state index contributed by atoms with van der Waals surface area (Å²) in [4.78, 5) is 11.3. The van der Waals surface area contributed by atoms with E-state index in [1.807, 2.05) is 0 Å². The summed E-state index contributed by atoms with van der Waals surface area (Å²) in [5, 5.41) is 0. The Balaban J connectivity index is 2.81. The van der Waals surface area contributed by atoms with E-state index in [1.165, 1.54) is 19.1 Å². The van der Waals surface area contributed by atoms with Crippen LogP contribution in [0.4, 0.5) is 0 Å². The number of para-hydroxylation sites is 1. The maximum Gasteiger partial charge on any atom is 0.309 e. The number of hydrogen-bond acceptors (Lipinski definition) is 6. The van der Waals surface area contributed by atoms with Crippen molar-refractivity contribution in [3.8, 4) is 5.75 Å². The molecule has 0 saturated carbocycles. The Morgan fingerprint density at radius 2 is 1.89 bits per heavy atom.